The number of aromatic hydroxyl groups is 1. The molecule has 0 fully saturated rings. The SMILES string of the molecule is Cc1cc(Br)c(F)cc1NC(=O)c1ncccc1O. The fraction of sp³-hybridized carbons (Fsp3) is 0.0769. The summed E-state index contributed by atoms with van der Waals surface area (Å²) in [6.07, 6.45) is 1.39. The zero-order chi connectivity index (χ0) is 14.0. The average Bonchev–Trinajstić information content (AvgIpc) is 2.36. The standard InChI is InChI=1S/C13H10BrFN2O2/c1-7-5-8(14)9(15)6-10(7)17-13(19)12-11(18)3-2-4-16-12/h2-6,18H,1H3,(H,17,19). The lowest BCUT2D eigenvalue weighted by atomic mass is 10.2. The molecule has 0 saturated heterocycles. The topological polar surface area (TPSA) is 62.2 Å². The number of anilines is 1. The van der Waals surface area contributed by atoms with Crippen LogP contribution < -0.4 is 5.32 Å². The van der Waals surface area contributed by atoms with Crippen LogP contribution in [0, 0.1) is 12.7 Å². The highest BCUT2D eigenvalue weighted by Gasteiger charge is 2.14. The lowest BCUT2D eigenvalue weighted by Crippen LogP contribution is -2.14. The molecular weight excluding hydrogens is 315 g/mol. The van der Waals surface area contributed by atoms with Crippen molar-refractivity contribution in [2.45, 2.75) is 6.92 Å². The minimum atomic E-state index is -0.595. The van der Waals surface area contributed by atoms with Crippen LogP contribution in [0.1, 0.15) is 16.1 Å². The first kappa shape index (κ1) is 13.5. The molecule has 0 aliphatic carbocycles. The molecule has 1 heterocycles. The van der Waals surface area contributed by atoms with Gasteiger partial charge in [0, 0.05) is 11.9 Å². The van der Waals surface area contributed by atoms with Crippen LogP contribution >= 0.6 is 15.9 Å². The Labute approximate surface area is 117 Å². The maximum atomic E-state index is 13.4. The number of amides is 1. The van der Waals surface area contributed by atoms with E-state index in [9.17, 15) is 14.3 Å². The molecule has 1 amide bonds. The number of halogens is 2. The van der Waals surface area contributed by atoms with Gasteiger partial charge in [-0.05, 0) is 52.7 Å². The molecule has 98 valence electrons. The summed E-state index contributed by atoms with van der Waals surface area (Å²) < 4.78 is 13.8. The number of hydrogen-bond donors (Lipinski definition) is 2. The zero-order valence-electron chi connectivity index (χ0n) is 9.95. The number of rotatable bonds is 2. The van der Waals surface area contributed by atoms with E-state index in [0.717, 1.165) is 0 Å². The van der Waals surface area contributed by atoms with Gasteiger partial charge in [-0.25, -0.2) is 9.37 Å². The van der Waals surface area contributed by atoms with Crippen LogP contribution in [-0.2, 0) is 0 Å². The van der Waals surface area contributed by atoms with Crippen LogP contribution in [-0.4, -0.2) is 16.0 Å². The maximum Gasteiger partial charge on any atom is 0.278 e. The van der Waals surface area contributed by atoms with Gasteiger partial charge >= 0.3 is 0 Å². The minimum absolute atomic E-state index is 0.106. The van der Waals surface area contributed by atoms with E-state index in [1.165, 1.54) is 24.4 Å². The van der Waals surface area contributed by atoms with Crippen LogP contribution in [0.2, 0.25) is 0 Å². The third-order valence-corrected chi connectivity index (χ3v) is 3.12. The predicted molar refractivity (Wildman–Crippen MR) is 72.7 cm³/mol. The third-order valence-electron chi connectivity index (χ3n) is 2.52. The van der Waals surface area contributed by atoms with Crippen molar-refractivity contribution in [2.24, 2.45) is 0 Å². The fourth-order valence-electron chi connectivity index (χ4n) is 1.53. The van der Waals surface area contributed by atoms with Crippen molar-refractivity contribution in [1.82, 2.24) is 4.98 Å². The Balaban J connectivity index is 2.30. The van der Waals surface area contributed by atoms with E-state index < -0.39 is 11.7 Å². The second-order valence-corrected chi connectivity index (χ2v) is 4.76. The highest BCUT2D eigenvalue weighted by atomic mass is 79.9. The molecule has 0 radical (unpaired) electrons. The van der Waals surface area contributed by atoms with Gasteiger partial charge < -0.3 is 10.4 Å². The Bertz CT molecular complexity index is 647. The van der Waals surface area contributed by atoms with E-state index >= 15 is 0 Å². The zero-order valence-corrected chi connectivity index (χ0v) is 11.5. The summed E-state index contributed by atoms with van der Waals surface area (Å²) in [6.45, 7) is 1.73. The Hall–Kier alpha value is -1.95. The number of benzene rings is 1. The van der Waals surface area contributed by atoms with Crippen molar-refractivity contribution in [2.75, 3.05) is 5.32 Å². The van der Waals surface area contributed by atoms with Crippen LogP contribution in [0.15, 0.2) is 34.9 Å². The van der Waals surface area contributed by atoms with E-state index in [-0.39, 0.29) is 11.4 Å². The predicted octanol–water partition coefficient (Wildman–Crippen LogP) is 3.25. The number of pyridine rings is 1. The number of aryl methyl sites for hydroxylation is 1. The van der Waals surface area contributed by atoms with E-state index in [1.807, 2.05) is 0 Å². The summed E-state index contributed by atoms with van der Waals surface area (Å²) in [4.78, 5) is 15.7. The van der Waals surface area contributed by atoms with Gasteiger partial charge in [-0.15, -0.1) is 0 Å². The summed E-state index contributed by atoms with van der Waals surface area (Å²) in [6, 6.07) is 5.63. The average molecular weight is 325 g/mol. The monoisotopic (exact) mass is 324 g/mol. The molecule has 2 rings (SSSR count). The van der Waals surface area contributed by atoms with Gasteiger partial charge in [0.05, 0.1) is 4.47 Å². The number of hydrogen-bond acceptors (Lipinski definition) is 3. The molecule has 1 aromatic heterocycles. The van der Waals surface area contributed by atoms with Gasteiger partial charge in [-0.2, -0.15) is 0 Å². The van der Waals surface area contributed by atoms with Gasteiger partial charge in [-0.3, -0.25) is 4.79 Å². The highest BCUT2D eigenvalue weighted by molar-refractivity contribution is 9.10. The second-order valence-electron chi connectivity index (χ2n) is 3.91. The summed E-state index contributed by atoms with van der Waals surface area (Å²) in [5.74, 6) is -1.30. The molecule has 0 bridgehead atoms. The number of aromatic nitrogens is 1. The summed E-state index contributed by atoms with van der Waals surface area (Å²) in [5, 5.41) is 12.0. The molecule has 0 spiro atoms. The third kappa shape index (κ3) is 2.90. The summed E-state index contributed by atoms with van der Waals surface area (Å²) in [7, 11) is 0. The molecule has 2 N–H and O–H groups in total. The molecule has 2 aromatic rings. The van der Waals surface area contributed by atoms with Gasteiger partial charge in [0.25, 0.3) is 5.91 Å². The molecule has 0 atom stereocenters. The van der Waals surface area contributed by atoms with Crippen molar-refractivity contribution >= 4 is 27.5 Å². The highest BCUT2D eigenvalue weighted by Crippen LogP contribution is 2.25. The smallest absolute Gasteiger partial charge is 0.278 e. The Kier molecular flexibility index (Phi) is 3.80. The largest absolute Gasteiger partial charge is 0.505 e. The van der Waals surface area contributed by atoms with Crippen LogP contribution in [0.5, 0.6) is 5.75 Å². The molecule has 0 unspecified atom stereocenters. The first-order valence-electron chi connectivity index (χ1n) is 5.40. The van der Waals surface area contributed by atoms with Crippen LogP contribution in [0.4, 0.5) is 10.1 Å². The van der Waals surface area contributed by atoms with Crippen molar-refractivity contribution in [3.63, 3.8) is 0 Å². The van der Waals surface area contributed by atoms with Gasteiger partial charge in [-0.1, -0.05) is 0 Å². The second kappa shape index (κ2) is 5.36. The van der Waals surface area contributed by atoms with Gasteiger partial charge in [0.2, 0.25) is 0 Å². The first-order chi connectivity index (χ1) is 8.99. The maximum absolute atomic E-state index is 13.4. The summed E-state index contributed by atoms with van der Waals surface area (Å²) >= 11 is 3.06. The minimum Gasteiger partial charge on any atom is -0.505 e. The van der Waals surface area contributed by atoms with E-state index in [4.69, 9.17) is 0 Å². The molecular formula is C13H10BrFN2O2. The fourth-order valence-corrected chi connectivity index (χ4v) is 1.99. The summed E-state index contributed by atoms with van der Waals surface area (Å²) in [5.41, 5.74) is 0.915. The lowest BCUT2D eigenvalue weighted by Gasteiger charge is -2.09. The van der Waals surface area contributed by atoms with Crippen molar-refractivity contribution in [3.8, 4) is 5.75 Å². The van der Waals surface area contributed by atoms with Crippen LogP contribution in [0.25, 0.3) is 0 Å². The van der Waals surface area contributed by atoms with Crippen molar-refractivity contribution in [3.05, 3.63) is 52.0 Å². The Morgan fingerprint density at radius 2 is 2.21 bits per heavy atom. The van der Waals surface area contributed by atoms with Crippen molar-refractivity contribution < 1.29 is 14.3 Å². The van der Waals surface area contributed by atoms with E-state index in [0.29, 0.717) is 15.7 Å². The molecule has 1 aromatic carbocycles. The van der Waals surface area contributed by atoms with Gasteiger partial charge in [0.15, 0.2) is 5.69 Å². The number of carbonyl (C=O) groups excluding carboxylic acids is 1. The molecule has 4 nitrogen and oxygen atoms in total. The number of nitrogens with one attached hydrogen (secondary N) is 1. The Morgan fingerprint density at radius 1 is 1.47 bits per heavy atom. The normalized spacial score (nSPS) is 10.3. The molecule has 0 aliphatic heterocycles. The Morgan fingerprint density at radius 3 is 2.89 bits per heavy atom. The molecule has 0 aliphatic rings. The van der Waals surface area contributed by atoms with Crippen molar-refractivity contribution in [1.29, 1.82) is 0 Å². The van der Waals surface area contributed by atoms with Crippen LogP contribution in [0.3, 0.4) is 0 Å². The quantitative estimate of drug-likeness (QED) is 0.891. The van der Waals surface area contributed by atoms with E-state index in [2.05, 4.69) is 26.2 Å². The molecule has 0 saturated carbocycles. The number of carbonyl (C=O) groups is 1. The molecule has 6 heteroatoms. The molecule has 19 heavy (non-hydrogen) atoms. The number of nitrogens with zero attached hydrogens (tertiary/aromatic N) is 1. The lowest BCUT2D eigenvalue weighted by molar-refractivity contribution is 0.101. The first-order valence-corrected chi connectivity index (χ1v) is 6.19. The van der Waals surface area contributed by atoms with Gasteiger partial charge in [0.1, 0.15) is 11.6 Å². The van der Waals surface area contributed by atoms with E-state index in [1.54, 1.807) is 13.0 Å².